The Morgan fingerprint density at radius 1 is 0.389 bits per heavy atom. The number of rotatable bonds is 7. The van der Waals surface area contributed by atoms with Gasteiger partial charge in [-0.1, -0.05) is 194 Å². The van der Waals surface area contributed by atoms with Crippen molar-refractivity contribution in [3.8, 4) is 11.3 Å². The summed E-state index contributed by atoms with van der Waals surface area (Å²) in [7, 11) is 3.77. The van der Waals surface area contributed by atoms with Gasteiger partial charge in [0.05, 0.1) is 0 Å². The van der Waals surface area contributed by atoms with Gasteiger partial charge in [0.15, 0.2) is 0 Å². The summed E-state index contributed by atoms with van der Waals surface area (Å²) in [6, 6.07) is 81.5. The first-order valence-corrected chi connectivity index (χ1v) is 22.8. The van der Waals surface area contributed by atoms with E-state index in [1.54, 1.807) is 6.20 Å². The fourth-order valence-corrected chi connectivity index (χ4v) is 10.0. The minimum atomic E-state index is -0.446. The topological polar surface area (TPSA) is 32.8 Å². The second-order valence-corrected chi connectivity index (χ2v) is 15.6. The molecule has 0 saturated carbocycles. The van der Waals surface area contributed by atoms with Gasteiger partial charge < -0.3 is 4.98 Å². The number of halogens is 1. The standard InChI is InChI=1S/2C18H15P.C11H8N.CO.ClH.Os/c2*1-4-10-16(11-5-1)19(17-12-6-2-7-13-17)18-14-8-3-9-15-18;1-2-6-10(7-3-1)11-8-4-5-9-12-11;1-2;;/h2*1-15H;1-6,8-9H;;1H;/q;;-1;;;+1/p-1. The van der Waals surface area contributed by atoms with Gasteiger partial charge in [-0.25, -0.2) is 0 Å². The first-order valence-electron chi connectivity index (χ1n) is 17.0. The molecule has 0 N–H and O–H groups in total. The van der Waals surface area contributed by atoms with Gasteiger partial charge >= 0.3 is 38.5 Å². The van der Waals surface area contributed by atoms with Gasteiger partial charge in [-0.3, -0.25) is 0 Å². The minimum Gasteiger partial charge on any atom is -0.305 e. The van der Waals surface area contributed by atoms with Gasteiger partial charge in [0.1, 0.15) is 0 Å². The Morgan fingerprint density at radius 2 is 0.667 bits per heavy atom. The third kappa shape index (κ3) is 13.3. The molecule has 1 aromatic heterocycles. The SMILES string of the molecule is [C-]#[O+].[Cl][Os].[c-]1ccccc1-c1ccccn1.c1ccc(P(c2ccccc2)c2ccccc2)cc1.c1ccc(P(c2ccccc2)c2ccccc2)cc1. The van der Waals surface area contributed by atoms with Crippen molar-refractivity contribution in [2.75, 3.05) is 0 Å². The molecule has 0 bridgehead atoms. The molecular weight excluding hydrogens is 894 g/mol. The zero-order valence-electron chi connectivity index (χ0n) is 29.4. The molecule has 8 aromatic rings. The summed E-state index contributed by atoms with van der Waals surface area (Å²) in [6.45, 7) is 4.50. The van der Waals surface area contributed by atoms with Crippen LogP contribution in [0.4, 0.5) is 0 Å². The number of hydrogen-bond acceptors (Lipinski definition) is 1. The van der Waals surface area contributed by atoms with Gasteiger partial charge in [0.2, 0.25) is 0 Å². The molecule has 0 amide bonds. The number of benzene rings is 7. The maximum Gasteiger partial charge on any atom is 0.0160 e. The predicted octanol–water partition coefficient (Wildman–Crippen LogP) is 10.1. The molecule has 7 aromatic carbocycles. The van der Waals surface area contributed by atoms with Crippen molar-refractivity contribution in [2.24, 2.45) is 0 Å². The third-order valence-corrected chi connectivity index (χ3v) is 12.6. The largest absolute Gasteiger partial charge is 0.305 e. The Labute approximate surface area is 337 Å². The first kappa shape index (κ1) is 42.0. The second kappa shape index (κ2) is 25.3. The van der Waals surface area contributed by atoms with Crippen molar-refractivity contribution in [2.45, 2.75) is 0 Å². The van der Waals surface area contributed by atoms with Crippen LogP contribution < -0.4 is 31.8 Å². The van der Waals surface area contributed by atoms with Crippen molar-refractivity contribution in [1.29, 1.82) is 0 Å². The Balaban J connectivity index is 0.000000176. The van der Waals surface area contributed by atoms with Crippen LogP contribution in [0.5, 0.6) is 0 Å². The van der Waals surface area contributed by atoms with Gasteiger partial charge in [-0.2, -0.15) is 0 Å². The van der Waals surface area contributed by atoms with Gasteiger partial charge in [0, 0.05) is 6.20 Å². The number of aromatic nitrogens is 1. The van der Waals surface area contributed by atoms with Crippen LogP contribution in [-0.4, -0.2) is 4.98 Å². The monoisotopic (exact) mass is 933 g/mol. The average Bonchev–Trinajstić information content (AvgIpc) is 3.29. The summed E-state index contributed by atoms with van der Waals surface area (Å²) in [6.07, 6.45) is 1.79. The Morgan fingerprint density at radius 3 is 0.907 bits per heavy atom. The zero-order valence-corrected chi connectivity index (χ0v) is 34.5. The normalized spacial score (nSPS) is 9.74. The van der Waals surface area contributed by atoms with Gasteiger partial charge in [-0.15, -0.1) is 35.9 Å². The first-order chi connectivity index (χ1) is 26.9. The van der Waals surface area contributed by atoms with E-state index in [1.165, 1.54) is 49.4 Å². The molecule has 0 aliphatic carbocycles. The van der Waals surface area contributed by atoms with E-state index in [2.05, 4.69) is 209 Å². The molecule has 6 heteroatoms. The minimum absolute atomic E-state index is 0.446. The molecule has 2 nitrogen and oxygen atoms in total. The second-order valence-electron chi connectivity index (χ2n) is 11.2. The van der Waals surface area contributed by atoms with Crippen molar-refractivity contribution < 1.29 is 22.3 Å². The van der Waals surface area contributed by atoms with Gasteiger partial charge in [0.25, 0.3) is 0 Å². The predicted molar refractivity (Wildman–Crippen MR) is 229 cm³/mol. The maximum atomic E-state index is 7.50. The van der Waals surface area contributed by atoms with Crippen molar-refractivity contribution in [1.82, 2.24) is 4.98 Å². The Hall–Kier alpha value is -4.78. The quantitative estimate of drug-likeness (QED) is 0.0891. The maximum absolute atomic E-state index is 7.50. The molecule has 0 radical (unpaired) electrons. The number of hydrogen-bond donors (Lipinski definition) is 0. The van der Waals surface area contributed by atoms with E-state index in [0.717, 1.165) is 11.3 Å². The summed E-state index contributed by atoms with van der Waals surface area (Å²) in [5.41, 5.74) is 2.01. The summed E-state index contributed by atoms with van der Waals surface area (Å²) in [5, 5.41) is 8.39. The molecule has 0 spiro atoms. The van der Waals surface area contributed by atoms with Crippen molar-refractivity contribution in [3.05, 3.63) is 243 Å². The van der Waals surface area contributed by atoms with Crippen LogP contribution in [0, 0.1) is 12.7 Å². The van der Waals surface area contributed by atoms with Crippen LogP contribution in [-0.2, 0) is 22.3 Å². The average molecular weight is 932 g/mol. The molecule has 1 heterocycles. The van der Waals surface area contributed by atoms with Crippen LogP contribution in [0.1, 0.15) is 0 Å². The van der Waals surface area contributed by atoms with Crippen LogP contribution in [0.3, 0.4) is 0 Å². The molecule has 8 rings (SSSR count). The van der Waals surface area contributed by atoms with Crippen molar-refractivity contribution in [3.63, 3.8) is 0 Å². The fraction of sp³-hybridized carbons (Fsp3) is 0. The zero-order chi connectivity index (χ0) is 38.1. The molecule has 54 heavy (non-hydrogen) atoms. The molecule has 0 saturated heterocycles. The molecular formula is C48H38ClNOOsP2-. The van der Waals surface area contributed by atoms with E-state index in [9.17, 15) is 0 Å². The molecule has 0 fully saturated rings. The van der Waals surface area contributed by atoms with Gasteiger partial charge in [-0.05, 0) is 59.4 Å². The summed E-state index contributed by atoms with van der Waals surface area (Å²) in [4.78, 5) is 4.22. The van der Waals surface area contributed by atoms with Crippen LogP contribution in [0.15, 0.2) is 231 Å². The van der Waals surface area contributed by atoms with E-state index < -0.39 is 15.8 Å². The van der Waals surface area contributed by atoms with Crippen molar-refractivity contribution >= 4 is 57.3 Å². The molecule has 0 atom stereocenters. The van der Waals surface area contributed by atoms with Crippen LogP contribution in [0.25, 0.3) is 11.3 Å². The molecule has 0 aliphatic heterocycles. The summed E-state index contributed by atoms with van der Waals surface area (Å²) >= 11 is 1.33. The van der Waals surface area contributed by atoms with E-state index >= 15 is 0 Å². The number of pyridine rings is 1. The fourth-order valence-electron chi connectivity index (χ4n) is 5.43. The molecule has 0 aliphatic rings. The van der Waals surface area contributed by atoms with Crippen LogP contribution >= 0.6 is 25.5 Å². The molecule has 267 valence electrons. The Bertz CT molecular complexity index is 1790. The smallest absolute Gasteiger partial charge is 0.0160 e. The van der Waals surface area contributed by atoms with E-state index in [1.807, 2.05) is 42.5 Å². The van der Waals surface area contributed by atoms with E-state index in [4.69, 9.17) is 4.65 Å². The van der Waals surface area contributed by atoms with E-state index in [-0.39, 0.29) is 0 Å². The Kier molecular flexibility index (Phi) is 19.6. The van der Waals surface area contributed by atoms with Crippen LogP contribution in [0.2, 0.25) is 0 Å². The molecule has 0 unspecified atom stereocenters. The third-order valence-electron chi connectivity index (χ3n) is 7.74. The summed E-state index contributed by atoms with van der Waals surface area (Å²) in [5.74, 6) is 0. The van der Waals surface area contributed by atoms with E-state index in [0.29, 0.717) is 0 Å². The summed E-state index contributed by atoms with van der Waals surface area (Å²) < 4.78 is 7.50. The number of nitrogens with zero attached hydrogens (tertiary/aromatic N) is 1.